The molecule has 0 spiro atoms. The molecule has 0 amide bonds. The lowest BCUT2D eigenvalue weighted by molar-refractivity contribution is -0.137. The van der Waals surface area contributed by atoms with Crippen molar-refractivity contribution in [2.24, 2.45) is 17.8 Å². The maximum Gasteiger partial charge on any atom is 0.303 e. The molecule has 14 heavy (non-hydrogen) atoms. The second-order valence-electron chi connectivity index (χ2n) is 4.91. The number of likely N-dealkylation sites (tertiary alicyclic amines) is 1. The van der Waals surface area contributed by atoms with Gasteiger partial charge in [-0.15, -0.1) is 0 Å². The van der Waals surface area contributed by atoms with Gasteiger partial charge in [-0.3, -0.25) is 4.79 Å². The first-order valence-electron chi connectivity index (χ1n) is 5.57. The summed E-state index contributed by atoms with van der Waals surface area (Å²) in [5.74, 6) is 1.61. The maximum atomic E-state index is 10.5. The van der Waals surface area contributed by atoms with Crippen LogP contribution in [-0.2, 0) is 4.79 Å². The number of carboxylic acids is 1. The highest BCUT2D eigenvalue weighted by Crippen LogP contribution is 2.43. The van der Waals surface area contributed by atoms with Gasteiger partial charge in [0.05, 0.1) is 0 Å². The zero-order valence-electron chi connectivity index (χ0n) is 8.78. The van der Waals surface area contributed by atoms with Crippen LogP contribution in [0.5, 0.6) is 0 Å². The third-order valence-electron chi connectivity index (χ3n) is 3.90. The molecule has 1 aliphatic heterocycles. The van der Waals surface area contributed by atoms with Gasteiger partial charge in [0.1, 0.15) is 0 Å². The number of carboxylic acid groups (broad SMARTS) is 1. The number of nitrogens with zero attached hydrogens (tertiary/aromatic N) is 1. The van der Waals surface area contributed by atoms with Gasteiger partial charge < -0.3 is 10.0 Å². The molecule has 0 aromatic rings. The van der Waals surface area contributed by atoms with Gasteiger partial charge in [0, 0.05) is 19.5 Å². The smallest absolute Gasteiger partial charge is 0.303 e. The average Bonchev–Trinajstić information content (AvgIpc) is 2.34. The molecular weight excluding hydrogens is 178 g/mol. The molecule has 0 aromatic carbocycles. The van der Waals surface area contributed by atoms with E-state index in [4.69, 9.17) is 5.11 Å². The lowest BCUT2D eigenvalue weighted by atomic mass is 9.82. The van der Waals surface area contributed by atoms with Gasteiger partial charge >= 0.3 is 5.97 Å². The Bertz CT molecular complexity index is 215. The van der Waals surface area contributed by atoms with E-state index in [1.165, 1.54) is 25.9 Å². The van der Waals surface area contributed by atoms with Crippen molar-refractivity contribution in [1.82, 2.24) is 4.90 Å². The lowest BCUT2D eigenvalue weighted by Gasteiger charge is -2.35. The highest BCUT2D eigenvalue weighted by atomic mass is 16.4. The molecule has 0 aromatic heterocycles. The van der Waals surface area contributed by atoms with E-state index >= 15 is 0 Å². The van der Waals surface area contributed by atoms with Crippen molar-refractivity contribution in [2.45, 2.75) is 25.7 Å². The minimum atomic E-state index is -0.636. The highest BCUT2D eigenvalue weighted by Gasteiger charge is 2.40. The predicted molar refractivity (Wildman–Crippen MR) is 54.1 cm³/mol. The molecule has 1 saturated heterocycles. The van der Waals surface area contributed by atoms with Crippen LogP contribution in [0.4, 0.5) is 0 Å². The average molecular weight is 197 g/mol. The summed E-state index contributed by atoms with van der Waals surface area (Å²) in [7, 11) is 2.18. The Hall–Kier alpha value is -0.570. The Kier molecular flexibility index (Phi) is 2.77. The molecule has 2 unspecified atom stereocenters. The van der Waals surface area contributed by atoms with Gasteiger partial charge in [-0.1, -0.05) is 0 Å². The van der Waals surface area contributed by atoms with Crippen molar-refractivity contribution in [3.05, 3.63) is 0 Å². The topological polar surface area (TPSA) is 40.5 Å². The minimum Gasteiger partial charge on any atom is -0.481 e. The van der Waals surface area contributed by atoms with Crippen LogP contribution < -0.4 is 0 Å². The molecule has 2 atom stereocenters. The van der Waals surface area contributed by atoms with Crippen LogP contribution in [0.25, 0.3) is 0 Å². The summed E-state index contributed by atoms with van der Waals surface area (Å²) in [4.78, 5) is 12.9. The number of piperidine rings is 1. The molecule has 2 aliphatic rings. The molecule has 1 saturated carbocycles. The third kappa shape index (κ3) is 1.92. The monoisotopic (exact) mass is 197 g/mol. The van der Waals surface area contributed by atoms with Gasteiger partial charge in [0.2, 0.25) is 0 Å². The zero-order chi connectivity index (χ0) is 10.1. The molecule has 3 heteroatoms. The van der Waals surface area contributed by atoms with Crippen molar-refractivity contribution in [2.75, 3.05) is 20.1 Å². The third-order valence-corrected chi connectivity index (χ3v) is 3.90. The standard InChI is InChI=1S/C11H19NO2/c1-12-6-8-2-3-9(7-12)10(8)4-5-11(13)14/h8-10H,2-7H2,1H3,(H,13,14). The fraction of sp³-hybridized carbons (Fsp3) is 0.909. The van der Waals surface area contributed by atoms with Crippen LogP contribution in [-0.4, -0.2) is 36.1 Å². The van der Waals surface area contributed by atoms with Gasteiger partial charge in [-0.25, -0.2) is 0 Å². The molecule has 2 fully saturated rings. The Morgan fingerprint density at radius 1 is 1.36 bits per heavy atom. The van der Waals surface area contributed by atoms with Crippen LogP contribution >= 0.6 is 0 Å². The zero-order valence-corrected chi connectivity index (χ0v) is 8.78. The number of fused-ring (bicyclic) bond motifs is 2. The normalized spacial score (nSPS) is 37.4. The Balaban J connectivity index is 1.90. The van der Waals surface area contributed by atoms with E-state index in [1.54, 1.807) is 0 Å². The maximum absolute atomic E-state index is 10.5. The van der Waals surface area contributed by atoms with E-state index in [9.17, 15) is 4.79 Å². The first-order valence-corrected chi connectivity index (χ1v) is 5.57. The van der Waals surface area contributed by atoms with Crippen LogP contribution in [0.3, 0.4) is 0 Å². The first kappa shape index (κ1) is 9.97. The van der Waals surface area contributed by atoms with Gasteiger partial charge in [0.15, 0.2) is 0 Å². The Morgan fingerprint density at radius 3 is 2.43 bits per heavy atom. The SMILES string of the molecule is CN1CC2CCC(C1)C2CCC(=O)O. The Labute approximate surface area is 85.1 Å². The predicted octanol–water partition coefficient (Wildman–Crippen LogP) is 1.44. The summed E-state index contributed by atoms with van der Waals surface area (Å²) in [6.45, 7) is 2.36. The molecule has 80 valence electrons. The summed E-state index contributed by atoms with van der Waals surface area (Å²) >= 11 is 0. The number of hydrogen-bond donors (Lipinski definition) is 1. The van der Waals surface area contributed by atoms with Crippen LogP contribution in [0.2, 0.25) is 0 Å². The van der Waals surface area contributed by atoms with Crippen LogP contribution in [0.15, 0.2) is 0 Å². The molecule has 1 N–H and O–H groups in total. The van der Waals surface area contributed by atoms with E-state index < -0.39 is 5.97 Å². The van der Waals surface area contributed by atoms with E-state index in [2.05, 4.69) is 11.9 Å². The fourth-order valence-corrected chi connectivity index (χ4v) is 3.33. The highest BCUT2D eigenvalue weighted by molar-refractivity contribution is 5.66. The number of rotatable bonds is 3. The molecule has 1 aliphatic carbocycles. The number of hydrogen-bond acceptors (Lipinski definition) is 2. The molecule has 1 heterocycles. The number of aliphatic carboxylic acids is 1. The van der Waals surface area contributed by atoms with Crippen LogP contribution in [0, 0.1) is 17.8 Å². The molecule has 2 rings (SSSR count). The molecule has 0 radical (unpaired) electrons. The quantitative estimate of drug-likeness (QED) is 0.744. The van der Waals surface area contributed by atoms with Crippen molar-refractivity contribution in [1.29, 1.82) is 0 Å². The second-order valence-corrected chi connectivity index (χ2v) is 4.91. The van der Waals surface area contributed by atoms with E-state index in [0.29, 0.717) is 12.3 Å². The van der Waals surface area contributed by atoms with E-state index in [1.807, 2.05) is 0 Å². The molecule has 3 nitrogen and oxygen atoms in total. The second kappa shape index (κ2) is 3.89. The van der Waals surface area contributed by atoms with Crippen LogP contribution in [0.1, 0.15) is 25.7 Å². The fourth-order valence-electron chi connectivity index (χ4n) is 3.33. The number of carbonyl (C=O) groups is 1. The van der Waals surface area contributed by atoms with Crippen molar-refractivity contribution in [3.8, 4) is 0 Å². The Morgan fingerprint density at radius 2 is 1.93 bits per heavy atom. The van der Waals surface area contributed by atoms with Gasteiger partial charge in [-0.05, 0) is 44.1 Å². The summed E-state index contributed by atoms with van der Waals surface area (Å²) in [5.41, 5.74) is 0. The van der Waals surface area contributed by atoms with E-state index in [0.717, 1.165) is 18.3 Å². The summed E-state index contributed by atoms with van der Waals surface area (Å²) in [5, 5.41) is 8.68. The van der Waals surface area contributed by atoms with Crippen molar-refractivity contribution >= 4 is 5.97 Å². The van der Waals surface area contributed by atoms with Crippen molar-refractivity contribution < 1.29 is 9.90 Å². The molecule has 2 bridgehead atoms. The minimum absolute atomic E-state index is 0.362. The van der Waals surface area contributed by atoms with Crippen molar-refractivity contribution in [3.63, 3.8) is 0 Å². The molecular formula is C11H19NO2. The van der Waals surface area contributed by atoms with Gasteiger partial charge in [0.25, 0.3) is 0 Å². The largest absolute Gasteiger partial charge is 0.481 e. The lowest BCUT2D eigenvalue weighted by Crippen LogP contribution is -2.39. The summed E-state index contributed by atoms with van der Waals surface area (Å²) in [6, 6.07) is 0. The summed E-state index contributed by atoms with van der Waals surface area (Å²) in [6.07, 6.45) is 3.90. The van der Waals surface area contributed by atoms with Gasteiger partial charge in [-0.2, -0.15) is 0 Å². The first-order chi connectivity index (χ1) is 6.66. The summed E-state index contributed by atoms with van der Waals surface area (Å²) < 4.78 is 0. The van der Waals surface area contributed by atoms with E-state index in [-0.39, 0.29) is 0 Å².